The van der Waals surface area contributed by atoms with Crippen molar-refractivity contribution in [3.63, 3.8) is 0 Å². The first kappa shape index (κ1) is 19.7. The van der Waals surface area contributed by atoms with E-state index in [2.05, 4.69) is 25.6 Å². The number of pyridine rings is 1. The first-order chi connectivity index (χ1) is 15.1. The third-order valence-corrected chi connectivity index (χ3v) is 7.13. The highest BCUT2D eigenvalue weighted by Gasteiger charge is 2.20. The van der Waals surface area contributed by atoms with E-state index >= 15 is 0 Å². The summed E-state index contributed by atoms with van der Waals surface area (Å²) in [6, 6.07) is 14.3. The van der Waals surface area contributed by atoms with Gasteiger partial charge in [-0.05, 0) is 50.2 Å². The Kier molecular flexibility index (Phi) is 5.13. The summed E-state index contributed by atoms with van der Waals surface area (Å²) in [5.74, 6) is 0.779. The van der Waals surface area contributed by atoms with Gasteiger partial charge in [-0.25, -0.2) is 27.3 Å². The van der Waals surface area contributed by atoms with E-state index in [1.807, 2.05) is 12.1 Å². The summed E-state index contributed by atoms with van der Waals surface area (Å²) in [5.41, 5.74) is 1.92. The zero-order chi connectivity index (χ0) is 21.3. The van der Waals surface area contributed by atoms with Crippen LogP contribution in [0.5, 0.6) is 0 Å². The maximum Gasteiger partial charge on any atom is 0.269 e. The van der Waals surface area contributed by atoms with Gasteiger partial charge in [-0.2, -0.15) is 0 Å². The van der Waals surface area contributed by atoms with Crippen molar-refractivity contribution < 1.29 is 8.42 Å². The van der Waals surface area contributed by atoms with Crippen LogP contribution in [0.2, 0.25) is 0 Å². The monoisotopic (exact) mass is 434 g/mol. The van der Waals surface area contributed by atoms with Crippen molar-refractivity contribution in [3.05, 3.63) is 67.3 Å². The minimum Gasteiger partial charge on any atom is -0.367 e. The lowest BCUT2D eigenvalue weighted by molar-refractivity contribution is 0.478. The lowest BCUT2D eigenvalue weighted by Gasteiger charge is -2.24. The van der Waals surface area contributed by atoms with Gasteiger partial charge in [0.1, 0.15) is 12.1 Å². The van der Waals surface area contributed by atoms with Crippen molar-refractivity contribution in [2.45, 2.75) is 23.8 Å². The number of rotatable bonds is 5. The molecule has 0 saturated carbocycles. The van der Waals surface area contributed by atoms with Crippen LogP contribution in [0.1, 0.15) is 12.8 Å². The van der Waals surface area contributed by atoms with Crippen molar-refractivity contribution in [3.8, 4) is 11.3 Å². The van der Waals surface area contributed by atoms with Gasteiger partial charge in [0.25, 0.3) is 10.0 Å². The maximum absolute atomic E-state index is 13.0. The van der Waals surface area contributed by atoms with Gasteiger partial charge in [-0.1, -0.05) is 18.2 Å². The van der Waals surface area contributed by atoms with Crippen LogP contribution in [0.15, 0.2) is 72.1 Å². The molecule has 0 spiro atoms. The van der Waals surface area contributed by atoms with Crippen LogP contribution < -0.4 is 10.6 Å². The number of fused-ring (bicyclic) bond motifs is 1. The van der Waals surface area contributed by atoms with E-state index in [1.165, 1.54) is 16.5 Å². The number of aromatic nitrogens is 4. The number of hydrogen-bond acceptors (Lipinski definition) is 7. The SMILES string of the molecule is O=S(=O)(c1ccccc1)n1ccc2cc(-c3cc(NC4CCNCC4)ncn3)cnc21. The Morgan fingerprint density at radius 2 is 1.81 bits per heavy atom. The highest BCUT2D eigenvalue weighted by atomic mass is 32.2. The molecule has 5 rings (SSSR count). The first-order valence-corrected chi connectivity index (χ1v) is 11.6. The predicted molar refractivity (Wildman–Crippen MR) is 119 cm³/mol. The van der Waals surface area contributed by atoms with Crippen molar-refractivity contribution in [1.29, 1.82) is 0 Å². The van der Waals surface area contributed by atoms with Crippen LogP contribution in [0.4, 0.5) is 5.82 Å². The number of anilines is 1. The summed E-state index contributed by atoms with van der Waals surface area (Å²) in [6.45, 7) is 2.00. The molecular weight excluding hydrogens is 412 g/mol. The second-order valence-electron chi connectivity index (χ2n) is 7.52. The zero-order valence-corrected chi connectivity index (χ0v) is 17.6. The summed E-state index contributed by atoms with van der Waals surface area (Å²) < 4.78 is 27.2. The van der Waals surface area contributed by atoms with Gasteiger partial charge in [-0.15, -0.1) is 0 Å². The quantitative estimate of drug-likeness (QED) is 0.498. The van der Waals surface area contributed by atoms with E-state index in [-0.39, 0.29) is 4.90 Å². The normalized spacial score (nSPS) is 15.2. The highest BCUT2D eigenvalue weighted by molar-refractivity contribution is 7.90. The lowest BCUT2D eigenvalue weighted by atomic mass is 10.1. The third-order valence-electron chi connectivity index (χ3n) is 5.45. The Hall–Kier alpha value is -3.30. The Labute approximate surface area is 180 Å². The molecule has 3 aromatic heterocycles. The van der Waals surface area contributed by atoms with Crippen molar-refractivity contribution >= 4 is 26.9 Å². The molecule has 2 N–H and O–H groups in total. The highest BCUT2D eigenvalue weighted by Crippen LogP contribution is 2.26. The van der Waals surface area contributed by atoms with Crippen LogP contribution in [-0.2, 0) is 10.0 Å². The maximum atomic E-state index is 13.0. The molecule has 31 heavy (non-hydrogen) atoms. The molecule has 1 fully saturated rings. The van der Waals surface area contributed by atoms with Gasteiger partial charge in [0.05, 0.1) is 10.6 Å². The fourth-order valence-corrected chi connectivity index (χ4v) is 5.14. The smallest absolute Gasteiger partial charge is 0.269 e. The molecule has 8 nitrogen and oxygen atoms in total. The Balaban J connectivity index is 1.46. The zero-order valence-electron chi connectivity index (χ0n) is 16.8. The Morgan fingerprint density at radius 1 is 1.00 bits per heavy atom. The second kappa shape index (κ2) is 8.09. The summed E-state index contributed by atoms with van der Waals surface area (Å²) in [5, 5.41) is 7.55. The summed E-state index contributed by atoms with van der Waals surface area (Å²) in [6.07, 6.45) is 6.82. The average Bonchev–Trinajstić information content (AvgIpc) is 3.25. The molecular formula is C22H22N6O2S. The number of benzene rings is 1. The largest absolute Gasteiger partial charge is 0.367 e. The standard InChI is InChI=1S/C22H22N6O2S/c29-31(30,19-4-2-1-3-5-19)28-11-8-16-12-17(14-24-22(16)28)20-13-21(26-15-25-20)27-18-6-9-23-10-7-18/h1-5,8,11-15,18,23H,6-7,9-10H2,(H,25,26,27). The van der Waals surface area contributed by atoms with Gasteiger partial charge in [0.15, 0.2) is 5.65 Å². The van der Waals surface area contributed by atoms with Crippen LogP contribution in [0, 0.1) is 0 Å². The Bertz CT molecular complexity index is 1310. The summed E-state index contributed by atoms with van der Waals surface area (Å²) in [7, 11) is -3.71. The van der Waals surface area contributed by atoms with Gasteiger partial charge in [-0.3, -0.25) is 0 Å². The summed E-state index contributed by atoms with van der Waals surface area (Å²) >= 11 is 0. The van der Waals surface area contributed by atoms with E-state index < -0.39 is 10.0 Å². The van der Waals surface area contributed by atoms with Crippen LogP contribution in [-0.4, -0.2) is 46.5 Å². The van der Waals surface area contributed by atoms with Crippen molar-refractivity contribution in [1.82, 2.24) is 24.2 Å². The molecule has 1 aliphatic rings. The second-order valence-corrected chi connectivity index (χ2v) is 9.34. The van der Waals surface area contributed by atoms with Gasteiger partial charge >= 0.3 is 0 Å². The molecule has 0 bridgehead atoms. The van der Waals surface area contributed by atoms with Gasteiger partial charge < -0.3 is 10.6 Å². The molecule has 0 radical (unpaired) electrons. The number of nitrogens with one attached hydrogen (secondary N) is 2. The van der Waals surface area contributed by atoms with E-state index in [0.717, 1.165) is 48.4 Å². The molecule has 4 heterocycles. The average molecular weight is 435 g/mol. The number of hydrogen-bond donors (Lipinski definition) is 2. The molecule has 158 valence electrons. The molecule has 1 aliphatic heterocycles. The number of piperidine rings is 1. The molecule has 1 saturated heterocycles. The molecule has 0 unspecified atom stereocenters. The molecule has 0 amide bonds. The van der Waals surface area contributed by atoms with E-state index in [1.54, 1.807) is 42.6 Å². The van der Waals surface area contributed by atoms with Crippen LogP contribution in [0.3, 0.4) is 0 Å². The van der Waals surface area contributed by atoms with Crippen molar-refractivity contribution in [2.75, 3.05) is 18.4 Å². The van der Waals surface area contributed by atoms with Crippen LogP contribution >= 0.6 is 0 Å². The van der Waals surface area contributed by atoms with E-state index in [4.69, 9.17) is 0 Å². The lowest BCUT2D eigenvalue weighted by Crippen LogP contribution is -2.35. The van der Waals surface area contributed by atoms with Gasteiger partial charge in [0, 0.05) is 35.5 Å². The minimum absolute atomic E-state index is 0.225. The molecule has 0 aliphatic carbocycles. The first-order valence-electron chi connectivity index (χ1n) is 10.2. The topological polar surface area (TPSA) is 102 Å². The van der Waals surface area contributed by atoms with Crippen LogP contribution in [0.25, 0.3) is 22.3 Å². The molecule has 0 atom stereocenters. The van der Waals surface area contributed by atoms with Crippen molar-refractivity contribution in [2.24, 2.45) is 0 Å². The van der Waals surface area contributed by atoms with E-state index in [9.17, 15) is 8.42 Å². The molecule has 1 aromatic carbocycles. The third kappa shape index (κ3) is 3.89. The van der Waals surface area contributed by atoms with Gasteiger partial charge in [0.2, 0.25) is 0 Å². The molecule has 4 aromatic rings. The molecule has 9 heteroatoms. The fraction of sp³-hybridized carbons (Fsp3) is 0.227. The predicted octanol–water partition coefficient (Wildman–Crippen LogP) is 2.89. The fourth-order valence-electron chi connectivity index (χ4n) is 3.81. The number of nitrogens with zero attached hydrogens (tertiary/aromatic N) is 4. The Morgan fingerprint density at radius 3 is 2.61 bits per heavy atom. The minimum atomic E-state index is -3.71. The van der Waals surface area contributed by atoms with E-state index in [0.29, 0.717) is 11.7 Å². The summed E-state index contributed by atoms with van der Waals surface area (Å²) in [4.78, 5) is 13.4.